The Labute approximate surface area is 163 Å². The van der Waals surface area contributed by atoms with Crippen molar-refractivity contribution >= 4 is 5.69 Å². The van der Waals surface area contributed by atoms with E-state index < -0.39 is 0 Å². The molecule has 26 heavy (non-hydrogen) atoms. The van der Waals surface area contributed by atoms with Crippen molar-refractivity contribution in [3.8, 4) is 0 Å². The Morgan fingerprint density at radius 2 is 1.69 bits per heavy atom. The van der Waals surface area contributed by atoms with Crippen molar-refractivity contribution in [2.24, 2.45) is 10.8 Å². The van der Waals surface area contributed by atoms with Crippen LogP contribution in [-0.2, 0) is 12.8 Å². The van der Waals surface area contributed by atoms with Gasteiger partial charge in [0.25, 0.3) is 0 Å². The molecule has 1 aliphatic carbocycles. The highest BCUT2D eigenvalue weighted by Crippen LogP contribution is 2.53. The Bertz CT molecular complexity index is 539. The lowest BCUT2D eigenvalue weighted by Crippen LogP contribution is -2.09. The predicted molar refractivity (Wildman–Crippen MR) is 117 cm³/mol. The van der Waals surface area contributed by atoms with Gasteiger partial charge >= 0.3 is 0 Å². The van der Waals surface area contributed by atoms with Gasteiger partial charge in [-0.15, -0.1) is 0 Å². The maximum Gasteiger partial charge on any atom is 0.0349 e. The number of nitrogen functional groups attached to an aromatic ring is 1. The van der Waals surface area contributed by atoms with Crippen LogP contribution in [-0.4, -0.2) is 0 Å². The van der Waals surface area contributed by atoms with Gasteiger partial charge in [0.15, 0.2) is 0 Å². The van der Waals surface area contributed by atoms with E-state index in [1.807, 2.05) is 0 Å². The molecule has 0 radical (unpaired) electrons. The molecule has 0 aromatic heterocycles. The summed E-state index contributed by atoms with van der Waals surface area (Å²) < 4.78 is 0. The van der Waals surface area contributed by atoms with Crippen molar-refractivity contribution < 1.29 is 0 Å². The van der Waals surface area contributed by atoms with E-state index in [0.29, 0.717) is 5.41 Å². The van der Waals surface area contributed by atoms with E-state index in [1.165, 1.54) is 88.2 Å². The predicted octanol–water partition coefficient (Wildman–Crippen LogP) is 7.71. The summed E-state index contributed by atoms with van der Waals surface area (Å²) in [6, 6.07) is 6.56. The fraction of sp³-hybridized carbons (Fsp3) is 0.760. The molecule has 1 heteroatoms. The number of aryl methyl sites for hydroxylation is 1. The average Bonchev–Trinajstić information content (AvgIpc) is 3.37. The fourth-order valence-corrected chi connectivity index (χ4v) is 4.42. The first-order valence-electron chi connectivity index (χ1n) is 11.3. The first-order valence-corrected chi connectivity index (χ1v) is 11.3. The topological polar surface area (TPSA) is 26.0 Å². The highest BCUT2D eigenvalue weighted by Gasteiger charge is 2.40. The molecule has 2 N–H and O–H groups in total. The highest BCUT2D eigenvalue weighted by atomic mass is 14.6. The molecule has 1 fully saturated rings. The van der Waals surface area contributed by atoms with E-state index in [0.717, 1.165) is 17.5 Å². The second-order valence-corrected chi connectivity index (χ2v) is 9.67. The number of anilines is 1. The van der Waals surface area contributed by atoms with Crippen LogP contribution in [0.4, 0.5) is 5.69 Å². The van der Waals surface area contributed by atoms with Crippen molar-refractivity contribution in [2.75, 3.05) is 5.73 Å². The largest absolute Gasteiger partial charge is 0.398 e. The van der Waals surface area contributed by atoms with Crippen LogP contribution in [0.15, 0.2) is 18.2 Å². The van der Waals surface area contributed by atoms with Crippen LogP contribution in [0.3, 0.4) is 0 Å². The van der Waals surface area contributed by atoms with Crippen molar-refractivity contribution in [3.63, 3.8) is 0 Å². The minimum Gasteiger partial charge on any atom is -0.398 e. The van der Waals surface area contributed by atoms with E-state index in [2.05, 4.69) is 45.9 Å². The summed E-state index contributed by atoms with van der Waals surface area (Å²) in [5.74, 6) is 0. The molecule has 0 atom stereocenters. The Morgan fingerprint density at radius 1 is 0.962 bits per heavy atom. The fourth-order valence-electron chi connectivity index (χ4n) is 4.42. The molecule has 0 unspecified atom stereocenters. The third kappa shape index (κ3) is 6.63. The third-order valence-electron chi connectivity index (χ3n) is 6.94. The van der Waals surface area contributed by atoms with Crippen LogP contribution in [0, 0.1) is 10.8 Å². The normalized spacial score (nSPS) is 16.0. The molecule has 0 heterocycles. The Kier molecular flexibility index (Phi) is 8.05. The number of unbranched alkanes of at least 4 members (excludes halogenated alkanes) is 2. The minimum absolute atomic E-state index is 0.488. The number of hydrogen-bond donors (Lipinski definition) is 1. The van der Waals surface area contributed by atoms with Crippen molar-refractivity contribution in [3.05, 3.63) is 29.3 Å². The van der Waals surface area contributed by atoms with Gasteiger partial charge in [-0.1, -0.05) is 65.5 Å². The number of nitrogens with two attached hydrogens (primary N) is 1. The maximum absolute atomic E-state index is 6.34. The monoisotopic (exact) mass is 357 g/mol. The first-order chi connectivity index (χ1) is 12.4. The van der Waals surface area contributed by atoms with Crippen LogP contribution in [0.25, 0.3) is 0 Å². The molecular formula is C25H43N. The standard InChI is InChI=1S/C25H43N/c1-5-16-25(19-20-25)18-10-7-12-21-13-11-15-23(26)22(21)14-8-9-17-24(3,4)6-2/h11,13,15H,5-10,12,14,16-20,26H2,1-4H3. The van der Waals surface area contributed by atoms with Gasteiger partial charge in [0.1, 0.15) is 0 Å². The quantitative estimate of drug-likeness (QED) is 0.284. The third-order valence-corrected chi connectivity index (χ3v) is 6.94. The number of hydrogen-bond acceptors (Lipinski definition) is 1. The zero-order valence-corrected chi connectivity index (χ0v) is 18.0. The molecular weight excluding hydrogens is 314 g/mol. The molecule has 1 saturated carbocycles. The van der Waals surface area contributed by atoms with Crippen molar-refractivity contribution in [1.82, 2.24) is 0 Å². The van der Waals surface area contributed by atoms with Gasteiger partial charge in [0, 0.05) is 5.69 Å². The summed E-state index contributed by atoms with van der Waals surface area (Å²) in [6.07, 6.45) is 17.5. The minimum atomic E-state index is 0.488. The summed E-state index contributed by atoms with van der Waals surface area (Å²) in [7, 11) is 0. The summed E-state index contributed by atoms with van der Waals surface area (Å²) in [6.45, 7) is 9.42. The molecule has 0 amide bonds. The molecule has 0 aliphatic heterocycles. The van der Waals surface area contributed by atoms with Gasteiger partial charge in [-0.25, -0.2) is 0 Å². The van der Waals surface area contributed by atoms with Gasteiger partial charge in [-0.3, -0.25) is 0 Å². The zero-order valence-electron chi connectivity index (χ0n) is 18.0. The average molecular weight is 358 g/mol. The second kappa shape index (κ2) is 9.81. The first kappa shape index (κ1) is 21.3. The molecule has 2 rings (SSSR count). The lowest BCUT2D eigenvalue weighted by Gasteiger charge is -2.22. The van der Waals surface area contributed by atoms with E-state index in [9.17, 15) is 0 Å². The van der Waals surface area contributed by atoms with E-state index >= 15 is 0 Å². The molecule has 1 aliphatic rings. The summed E-state index contributed by atoms with van der Waals surface area (Å²) in [4.78, 5) is 0. The Balaban J connectivity index is 1.78. The van der Waals surface area contributed by atoms with E-state index in [-0.39, 0.29) is 0 Å². The zero-order chi connectivity index (χ0) is 19.0. The molecule has 1 aromatic rings. The van der Waals surface area contributed by atoms with Gasteiger partial charge in [0.2, 0.25) is 0 Å². The second-order valence-electron chi connectivity index (χ2n) is 9.67. The summed E-state index contributed by atoms with van der Waals surface area (Å²) >= 11 is 0. The molecule has 1 aromatic carbocycles. The smallest absolute Gasteiger partial charge is 0.0349 e. The molecule has 148 valence electrons. The van der Waals surface area contributed by atoms with Gasteiger partial charge in [-0.2, -0.15) is 0 Å². The summed E-state index contributed by atoms with van der Waals surface area (Å²) in [5.41, 5.74) is 11.5. The Morgan fingerprint density at radius 3 is 2.35 bits per heavy atom. The van der Waals surface area contributed by atoms with Crippen molar-refractivity contribution in [2.45, 2.75) is 111 Å². The molecule has 0 spiro atoms. The van der Waals surface area contributed by atoms with Crippen LogP contribution in [0.1, 0.15) is 109 Å². The highest BCUT2D eigenvalue weighted by molar-refractivity contribution is 5.51. The summed E-state index contributed by atoms with van der Waals surface area (Å²) in [5, 5.41) is 0. The molecule has 0 saturated heterocycles. The number of benzene rings is 1. The van der Waals surface area contributed by atoms with Crippen LogP contribution in [0.2, 0.25) is 0 Å². The number of rotatable bonds is 13. The SMILES string of the molecule is CCCC1(CCCCc2cccc(N)c2CCCCC(C)(C)CC)CC1. The lowest BCUT2D eigenvalue weighted by molar-refractivity contribution is 0.309. The van der Waals surface area contributed by atoms with Gasteiger partial charge < -0.3 is 5.73 Å². The van der Waals surface area contributed by atoms with Crippen LogP contribution in [0.5, 0.6) is 0 Å². The molecule has 0 bridgehead atoms. The van der Waals surface area contributed by atoms with E-state index in [1.54, 1.807) is 0 Å². The van der Waals surface area contributed by atoms with E-state index in [4.69, 9.17) is 5.73 Å². The lowest BCUT2D eigenvalue weighted by atomic mass is 9.84. The van der Waals surface area contributed by atoms with Gasteiger partial charge in [-0.05, 0) is 85.8 Å². The Hall–Kier alpha value is -0.980. The van der Waals surface area contributed by atoms with Gasteiger partial charge in [0.05, 0.1) is 0 Å². The maximum atomic E-state index is 6.34. The van der Waals surface area contributed by atoms with Crippen molar-refractivity contribution in [1.29, 1.82) is 0 Å². The molecule has 1 nitrogen and oxygen atoms in total. The van der Waals surface area contributed by atoms with Crippen LogP contribution < -0.4 is 5.73 Å². The van der Waals surface area contributed by atoms with Crippen LogP contribution >= 0.6 is 0 Å².